The molecule has 1 atom stereocenters. The van der Waals surface area contributed by atoms with Crippen LogP contribution < -0.4 is 15.4 Å². The minimum absolute atomic E-state index is 0.621. The number of hydrogen-bond donors (Lipinski definition) is 1. The van der Waals surface area contributed by atoms with E-state index in [9.17, 15) is 0 Å². The zero-order valence-electron chi connectivity index (χ0n) is 10.3. The van der Waals surface area contributed by atoms with Crippen LogP contribution in [0.15, 0.2) is 12.3 Å². The zero-order valence-corrected chi connectivity index (χ0v) is 10.3. The highest BCUT2D eigenvalue weighted by Crippen LogP contribution is 2.23. The number of anilines is 1. The zero-order chi connectivity index (χ0) is 12.1. The van der Waals surface area contributed by atoms with Crippen molar-refractivity contribution in [3.63, 3.8) is 0 Å². The lowest BCUT2D eigenvalue weighted by molar-refractivity contribution is 0.382. The summed E-state index contributed by atoms with van der Waals surface area (Å²) in [7, 11) is 1.62. The number of methoxy groups -OCH3 is 1. The van der Waals surface area contributed by atoms with Crippen LogP contribution in [0.3, 0.4) is 0 Å². The Bertz CT molecular complexity index is 356. The molecule has 0 bridgehead atoms. The number of ether oxygens (including phenoxy) is 1. The molecule has 0 aliphatic carbocycles. The van der Waals surface area contributed by atoms with Gasteiger partial charge in [-0.05, 0) is 31.7 Å². The lowest BCUT2D eigenvalue weighted by Crippen LogP contribution is -2.37. The Kier molecular flexibility index (Phi) is 4.14. The molecular weight excluding hydrogens is 216 g/mol. The Balaban J connectivity index is 2.05. The molecule has 1 fully saturated rings. The maximum atomic E-state index is 5.62. The Morgan fingerprint density at radius 3 is 3.24 bits per heavy atom. The summed E-state index contributed by atoms with van der Waals surface area (Å²) in [6.45, 7) is 2.79. The topological polar surface area (TPSA) is 64.3 Å². The average Bonchev–Trinajstić information content (AvgIpc) is 2.40. The molecule has 0 amide bonds. The van der Waals surface area contributed by atoms with Crippen LogP contribution in [0.2, 0.25) is 0 Å². The molecule has 0 radical (unpaired) electrons. The Morgan fingerprint density at radius 1 is 1.59 bits per heavy atom. The standard InChI is InChI=1S/C12H20N4O/c1-17-11-5-7-14-12(15-11)16-8-2-3-10(9-16)4-6-13/h5,7,10H,2-4,6,8-9,13H2,1H3. The predicted molar refractivity (Wildman–Crippen MR) is 67.2 cm³/mol. The summed E-state index contributed by atoms with van der Waals surface area (Å²) >= 11 is 0. The van der Waals surface area contributed by atoms with Crippen LogP contribution in [0.25, 0.3) is 0 Å². The summed E-state index contributed by atoms with van der Waals surface area (Å²) in [5.74, 6) is 2.06. The van der Waals surface area contributed by atoms with E-state index in [0.29, 0.717) is 11.8 Å². The van der Waals surface area contributed by atoms with Crippen LogP contribution in [0, 0.1) is 5.92 Å². The molecule has 17 heavy (non-hydrogen) atoms. The molecule has 1 aromatic rings. The largest absolute Gasteiger partial charge is 0.481 e. The van der Waals surface area contributed by atoms with Crippen molar-refractivity contribution in [1.29, 1.82) is 0 Å². The molecular formula is C12H20N4O. The monoisotopic (exact) mass is 236 g/mol. The third-order valence-corrected chi connectivity index (χ3v) is 3.20. The van der Waals surface area contributed by atoms with E-state index in [1.54, 1.807) is 19.4 Å². The van der Waals surface area contributed by atoms with Gasteiger partial charge in [-0.1, -0.05) is 0 Å². The van der Waals surface area contributed by atoms with Gasteiger partial charge < -0.3 is 15.4 Å². The van der Waals surface area contributed by atoms with Crippen molar-refractivity contribution in [2.75, 3.05) is 31.6 Å². The van der Waals surface area contributed by atoms with Crippen molar-refractivity contribution < 1.29 is 4.74 Å². The van der Waals surface area contributed by atoms with Crippen LogP contribution in [0.4, 0.5) is 5.95 Å². The number of nitrogens with two attached hydrogens (primary N) is 1. The molecule has 0 spiro atoms. The Morgan fingerprint density at radius 2 is 2.47 bits per heavy atom. The van der Waals surface area contributed by atoms with E-state index in [1.807, 2.05) is 0 Å². The van der Waals surface area contributed by atoms with Crippen LogP contribution in [0.1, 0.15) is 19.3 Å². The third-order valence-electron chi connectivity index (χ3n) is 3.20. The lowest BCUT2D eigenvalue weighted by Gasteiger charge is -2.32. The predicted octanol–water partition coefficient (Wildman–Crippen LogP) is 1.05. The second-order valence-electron chi connectivity index (χ2n) is 4.43. The fourth-order valence-corrected chi connectivity index (χ4v) is 2.32. The van der Waals surface area contributed by atoms with Gasteiger partial charge in [-0.3, -0.25) is 0 Å². The number of hydrogen-bond acceptors (Lipinski definition) is 5. The highest BCUT2D eigenvalue weighted by atomic mass is 16.5. The molecule has 2 heterocycles. The van der Waals surface area contributed by atoms with Crippen molar-refractivity contribution in [3.8, 4) is 5.88 Å². The Hall–Kier alpha value is -1.36. The van der Waals surface area contributed by atoms with Crippen molar-refractivity contribution in [2.24, 2.45) is 11.7 Å². The summed E-state index contributed by atoms with van der Waals surface area (Å²) in [4.78, 5) is 10.9. The number of nitrogens with zero attached hydrogens (tertiary/aromatic N) is 3. The minimum Gasteiger partial charge on any atom is -0.481 e. The van der Waals surface area contributed by atoms with Gasteiger partial charge in [0.1, 0.15) is 0 Å². The second kappa shape index (κ2) is 5.82. The van der Waals surface area contributed by atoms with Gasteiger partial charge in [0.15, 0.2) is 0 Å². The first kappa shape index (κ1) is 12.1. The fourth-order valence-electron chi connectivity index (χ4n) is 2.32. The normalized spacial score (nSPS) is 20.4. The molecule has 1 aliphatic rings. The lowest BCUT2D eigenvalue weighted by atomic mass is 9.95. The summed E-state index contributed by atoms with van der Waals surface area (Å²) in [5, 5.41) is 0. The molecule has 5 nitrogen and oxygen atoms in total. The van der Waals surface area contributed by atoms with E-state index in [1.165, 1.54) is 12.8 Å². The molecule has 0 saturated carbocycles. The quantitative estimate of drug-likeness (QED) is 0.846. The van der Waals surface area contributed by atoms with Crippen molar-refractivity contribution >= 4 is 5.95 Å². The summed E-state index contributed by atoms with van der Waals surface area (Å²) in [6.07, 6.45) is 5.27. The number of aromatic nitrogens is 2. The van der Waals surface area contributed by atoms with Gasteiger partial charge in [0.2, 0.25) is 11.8 Å². The molecule has 1 aromatic heterocycles. The average molecular weight is 236 g/mol. The van der Waals surface area contributed by atoms with E-state index in [4.69, 9.17) is 10.5 Å². The van der Waals surface area contributed by atoms with Gasteiger partial charge in [-0.25, -0.2) is 4.98 Å². The highest BCUT2D eigenvalue weighted by molar-refractivity contribution is 5.32. The maximum absolute atomic E-state index is 5.62. The van der Waals surface area contributed by atoms with Gasteiger partial charge in [0.05, 0.1) is 7.11 Å². The van der Waals surface area contributed by atoms with Gasteiger partial charge in [-0.15, -0.1) is 0 Å². The molecule has 2 rings (SSSR count). The molecule has 5 heteroatoms. The van der Waals surface area contributed by atoms with E-state index in [2.05, 4.69) is 14.9 Å². The van der Waals surface area contributed by atoms with Crippen molar-refractivity contribution in [3.05, 3.63) is 12.3 Å². The van der Waals surface area contributed by atoms with Gasteiger partial charge in [0.25, 0.3) is 0 Å². The first-order valence-electron chi connectivity index (χ1n) is 6.15. The minimum atomic E-state index is 0.621. The van der Waals surface area contributed by atoms with Crippen LogP contribution in [-0.4, -0.2) is 36.7 Å². The molecule has 94 valence electrons. The van der Waals surface area contributed by atoms with Gasteiger partial charge in [-0.2, -0.15) is 4.98 Å². The molecule has 1 unspecified atom stereocenters. The van der Waals surface area contributed by atoms with Crippen LogP contribution >= 0.6 is 0 Å². The molecule has 0 aromatic carbocycles. The van der Waals surface area contributed by atoms with E-state index < -0.39 is 0 Å². The fraction of sp³-hybridized carbons (Fsp3) is 0.667. The number of piperidine rings is 1. The molecule has 1 aliphatic heterocycles. The first-order chi connectivity index (χ1) is 8.33. The van der Waals surface area contributed by atoms with Gasteiger partial charge in [0, 0.05) is 25.4 Å². The third kappa shape index (κ3) is 3.06. The second-order valence-corrected chi connectivity index (χ2v) is 4.43. The first-order valence-corrected chi connectivity index (χ1v) is 6.15. The van der Waals surface area contributed by atoms with Gasteiger partial charge >= 0.3 is 0 Å². The SMILES string of the molecule is COc1ccnc(N2CCCC(CCN)C2)n1. The summed E-state index contributed by atoms with van der Waals surface area (Å²) in [5.41, 5.74) is 5.62. The van der Waals surface area contributed by atoms with E-state index in [0.717, 1.165) is 32.0 Å². The Labute approximate surface area is 102 Å². The van der Waals surface area contributed by atoms with Crippen molar-refractivity contribution in [1.82, 2.24) is 9.97 Å². The van der Waals surface area contributed by atoms with E-state index in [-0.39, 0.29) is 0 Å². The molecule has 2 N–H and O–H groups in total. The number of rotatable bonds is 4. The highest BCUT2D eigenvalue weighted by Gasteiger charge is 2.21. The summed E-state index contributed by atoms with van der Waals surface area (Å²) in [6, 6.07) is 1.77. The van der Waals surface area contributed by atoms with Crippen LogP contribution in [-0.2, 0) is 0 Å². The maximum Gasteiger partial charge on any atom is 0.228 e. The summed E-state index contributed by atoms with van der Waals surface area (Å²) < 4.78 is 5.12. The van der Waals surface area contributed by atoms with E-state index >= 15 is 0 Å². The van der Waals surface area contributed by atoms with Crippen molar-refractivity contribution in [2.45, 2.75) is 19.3 Å². The smallest absolute Gasteiger partial charge is 0.228 e. The molecule has 1 saturated heterocycles. The van der Waals surface area contributed by atoms with Crippen LogP contribution in [0.5, 0.6) is 5.88 Å².